The van der Waals surface area contributed by atoms with Gasteiger partial charge in [-0.1, -0.05) is 6.08 Å². The lowest BCUT2D eigenvalue weighted by Crippen LogP contribution is -2.31. The van der Waals surface area contributed by atoms with E-state index in [0.717, 1.165) is 24.2 Å². The van der Waals surface area contributed by atoms with Gasteiger partial charge in [0, 0.05) is 32.2 Å². The molecule has 1 amide bonds. The predicted molar refractivity (Wildman–Crippen MR) is 65.7 cm³/mol. The van der Waals surface area contributed by atoms with Crippen molar-refractivity contribution >= 4 is 23.6 Å². The minimum atomic E-state index is 0.103. The number of hydrogen-bond acceptors (Lipinski definition) is 1. The highest BCUT2D eigenvalue weighted by molar-refractivity contribution is 6.17. The Morgan fingerprint density at radius 1 is 1.50 bits per heavy atom. The van der Waals surface area contributed by atoms with Crippen LogP contribution in [0, 0.1) is 0 Å². The van der Waals surface area contributed by atoms with E-state index in [0.29, 0.717) is 12.4 Å². The summed E-state index contributed by atoms with van der Waals surface area (Å²) in [5, 5.41) is 0. The highest BCUT2D eigenvalue weighted by atomic mass is 35.5. The number of nitrogens with zero attached hydrogens (tertiary/aromatic N) is 2. The fraction of sp³-hybridized carbons (Fsp3) is 0.417. The first kappa shape index (κ1) is 11.3. The number of aryl methyl sites for hydroxylation is 1. The second kappa shape index (κ2) is 4.74. The molecule has 1 aromatic rings. The first-order chi connectivity index (χ1) is 7.74. The Hall–Kier alpha value is -1.22. The van der Waals surface area contributed by atoms with Gasteiger partial charge >= 0.3 is 0 Å². The summed E-state index contributed by atoms with van der Waals surface area (Å²) in [5.41, 5.74) is 1.77. The fourth-order valence-electron chi connectivity index (χ4n) is 1.92. The molecule has 0 aliphatic carbocycles. The molecule has 0 N–H and O–H groups in total. The van der Waals surface area contributed by atoms with Gasteiger partial charge < -0.3 is 9.47 Å². The van der Waals surface area contributed by atoms with E-state index in [1.54, 1.807) is 0 Å². The molecule has 0 fully saturated rings. The van der Waals surface area contributed by atoms with Crippen molar-refractivity contribution in [3.05, 3.63) is 29.6 Å². The molecule has 1 aromatic heterocycles. The molecule has 0 saturated heterocycles. The van der Waals surface area contributed by atoms with Gasteiger partial charge in [-0.2, -0.15) is 0 Å². The maximum Gasteiger partial charge on any atom is 0.256 e. The molecule has 2 heterocycles. The Balaban J connectivity index is 2.25. The van der Waals surface area contributed by atoms with Gasteiger partial charge in [0.2, 0.25) is 0 Å². The molecule has 3 nitrogen and oxygen atoms in total. The lowest BCUT2D eigenvalue weighted by atomic mass is 10.2. The van der Waals surface area contributed by atoms with Crippen molar-refractivity contribution in [1.82, 2.24) is 9.47 Å². The average Bonchev–Trinajstić information content (AvgIpc) is 2.56. The molecule has 0 atom stereocenters. The Morgan fingerprint density at radius 3 is 3.06 bits per heavy atom. The zero-order valence-electron chi connectivity index (χ0n) is 9.32. The van der Waals surface area contributed by atoms with Gasteiger partial charge in [0.25, 0.3) is 5.91 Å². The van der Waals surface area contributed by atoms with Crippen LogP contribution in [-0.4, -0.2) is 34.3 Å². The van der Waals surface area contributed by atoms with E-state index in [1.165, 1.54) is 0 Å². The number of carbonyl (C=O) groups is 1. The Bertz CT molecular complexity index is 423. The lowest BCUT2D eigenvalue weighted by Gasteiger charge is -2.19. The summed E-state index contributed by atoms with van der Waals surface area (Å²) in [5.74, 6) is 0.695. The number of halogens is 1. The number of rotatable bonds is 3. The summed E-state index contributed by atoms with van der Waals surface area (Å²) < 4.78 is 1.97. The second-order valence-corrected chi connectivity index (χ2v) is 4.30. The second-order valence-electron chi connectivity index (χ2n) is 3.92. The molecule has 4 heteroatoms. The zero-order chi connectivity index (χ0) is 11.5. The highest BCUT2D eigenvalue weighted by Gasteiger charge is 2.20. The van der Waals surface area contributed by atoms with Crippen LogP contribution in [0.25, 0.3) is 6.08 Å². The van der Waals surface area contributed by atoms with Crippen LogP contribution in [0.2, 0.25) is 0 Å². The Kier molecular flexibility index (Phi) is 3.34. The maximum absolute atomic E-state index is 12.2. The molecule has 0 unspecified atom stereocenters. The first-order valence-electron chi connectivity index (χ1n) is 5.41. The van der Waals surface area contributed by atoms with E-state index in [1.807, 2.05) is 40.9 Å². The molecule has 0 spiro atoms. The Morgan fingerprint density at radius 2 is 2.31 bits per heavy atom. The summed E-state index contributed by atoms with van der Waals surface area (Å²) in [6, 6.07) is 1.88. The van der Waals surface area contributed by atoms with Gasteiger partial charge in [-0.15, -0.1) is 11.6 Å². The third-order valence-corrected chi connectivity index (χ3v) is 3.07. The van der Waals surface area contributed by atoms with Gasteiger partial charge in [0.15, 0.2) is 0 Å². The number of fused-ring (bicyclic) bond motifs is 1. The monoisotopic (exact) mass is 238 g/mol. The maximum atomic E-state index is 12.2. The molecule has 0 aromatic carbocycles. The van der Waals surface area contributed by atoms with Gasteiger partial charge in [-0.3, -0.25) is 4.79 Å². The van der Waals surface area contributed by atoms with Crippen molar-refractivity contribution in [3.8, 4) is 0 Å². The van der Waals surface area contributed by atoms with E-state index < -0.39 is 0 Å². The molecule has 1 aliphatic heterocycles. The smallest absolute Gasteiger partial charge is 0.256 e. The van der Waals surface area contributed by atoms with Crippen molar-refractivity contribution in [3.63, 3.8) is 0 Å². The number of alkyl halides is 1. The number of hydrogen-bond donors (Lipinski definition) is 0. The normalized spacial score (nSPS) is 15.1. The van der Waals surface area contributed by atoms with Crippen molar-refractivity contribution in [2.24, 2.45) is 7.05 Å². The standard InChI is InChI=1S/C12H15ClN2O/c1-14-9-5-10-11(14)4-2-7-15(12(10)16)8-3-6-13/h2,4-5,9H,3,6-8H2,1H3. The van der Waals surface area contributed by atoms with E-state index >= 15 is 0 Å². The van der Waals surface area contributed by atoms with Crippen LogP contribution in [0.3, 0.4) is 0 Å². The van der Waals surface area contributed by atoms with Crippen LogP contribution in [0.4, 0.5) is 0 Å². The van der Waals surface area contributed by atoms with E-state index in [2.05, 4.69) is 0 Å². The van der Waals surface area contributed by atoms with Crippen molar-refractivity contribution in [2.45, 2.75) is 6.42 Å². The molecule has 2 rings (SSSR count). The van der Waals surface area contributed by atoms with Crippen molar-refractivity contribution < 1.29 is 4.79 Å². The summed E-state index contributed by atoms with van der Waals surface area (Å²) in [6.07, 6.45) is 6.78. The van der Waals surface area contributed by atoms with Gasteiger partial charge in [-0.25, -0.2) is 0 Å². The topological polar surface area (TPSA) is 25.2 Å². The van der Waals surface area contributed by atoms with Crippen LogP contribution >= 0.6 is 11.6 Å². The molecule has 1 aliphatic rings. The third-order valence-electron chi connectivity index (χ3n) is 2.80. The molecule has 0 bridgehead atoms. The molecule has 16 heavy (non-hydrogen) atoms. The summed E-state index contributed by atoms with van der Waals surface area (Å²) in [7, 11) is 1.95. The molecule has 0 saturated carbocycles. The quantitative estimate of drug-likeness (QED) is 0.741. The van der Waals surface area contributed by atoms with Gasteiger partial charge in [0.1, 0.15) is 0 Å². The largest absolute Gasteiger partial charge is 0.350 e. The Labute approximate surface area is 100 Å². The average molecular weight is 239 g/mol. The van der Waals surface area contributed by atoms with E-state index in [9.17, 15) is 4.79 Å². The molecule has 0 radical (unpaired) electrons. The van der Waals surface area contributed by atoms with Crippen LogP contribution < -0.4 is 0 Å². The molecule has 86 valence electrons. The number of amides is 1. The van der Waals surface area contributed by atoms with Gasteiger partial charge in [-0.05, 0) is 18.6 Å². The minimum absolute atomic E-state index is 0.103. The SMILES string of the molecule is Cn1ccc2c1C=CCN(CCCCl)C2=O. The van der Waals surface area contributed by atoms with Crippen LogP contribution in [0.1, 0.15) is 22.5 Å². The van der Waals surface area contributed by atoms with E-state index in [-0.39, 0.29) is 5.91 Å². The lowest BCUT2D eigenvalue weighted by molar-refractivity contribution is 0.0776. The van der Waals surface area contributed by atoms with Crippen molar-refractivity contribution in [2.75, 3.05) is 19.0 Å². The highest BCUT2D eigenvalue weighted by Crippen LogP contribution is 2.18. The first-order valence-corrected chi connectivity index (χ1v) is 5.94. The zero-order valence-corrected chi connectivity index (χ0v) is 10.1. The predicted octanol–water partition coefficient (Wildman–Crippen LogP) is 2.12. The summed E-state index contributed by atoms with van der Waals surface area (Å²) in [6.45, 7) is 1.39. The van der Waals surface area contributed by atoms with Crippen LogP contribution in [0.15, 0.2) is 18.3 Å². The number of carbonyl (C=O) groups excluding carboxylic acids is 1. The third kappa shape index (κ3) is 2.00. The van der Waals surface area contributed by atoms with Gasteiger partial charge in [0.05, 0.1) is 11.3 Å². The van der Waals surface area contributed by atoms with Crippen LogP contribution in [-0.2, 0) is 7.05 Å². The van der Waals surface area contributed by atoms with Crippen molar-refractivity contribution in [1.29, 1.82) is 0 Å². The summed E-state index contributed by atoms with van der Waals surface area (Å²) in [4.78, 5) is 14.0. The molecular formula is C12H15ClN2O. The molecular weight excluding hydrogens is 224 g/mol. The van der Waals surface area contributed by atoms with E-state index in [4.69, 9.17) is 11.6 Å². The number of aromatic nitrogens is 1. The minimum Gasteiger partial charge on any atom is -0.350 e. The van der Waals surface area contributed by atoms with Crippen LogP contribution in [0.5, 0.6) is 0 Å². The summed E-state index contributed by atoms with van der Waals surface area (Å²) >= 11 is 5.65. The fourth-order valence-corrected chi connectivity index (χ4v) is 2.04.